The number of rotatable bonds is 2. The number of nitrogens with two attached hydrogens (primary N) is 1. The number of nitro benzene ring substituents is 1. The zero-order chi connectivity index (χ0) is 11.5. The van der Waals surface area contributed by atoms with Gasteiger partial charge in [-0.3, -0.25) is 10.1 Å². The fourth-order valence-corrected chi connectivity index (χ4v) is 2.48. The van der Waals surface area contributed by atoms with Crippen molar-refractivity contribution in [1.82, 2.24) is 0 Å². The molecule has 0 spiro atoms. The Bertz CT molecular complexity index is 398. The minimum atomic E-state index is -0.319. The summed E-state index contributed by atoms with van der Waals surface area (Å²) < 4.78 is 0. The number of nitro groups is 1. The van der Waals surface area contributed by atoms with Crippen molar-refractivity contribution < 1.29 is 4.92 Å². The molecule has 0 radical (unpaired) electrons. The topological polar surface area (TPSA) is 69.2 Å². The summed E-state index contributed by atoms with van der Waals surface area (Å²) in [6.07, 6.45) is 5.72. The summed E-state index contributed by atoms with van der Waals surface area (Å²) in [7, 11) is 0. The number of benzene rings is 1. The summed E-state index contributed by atoms with van der Waals surface area (Å²) in [6, 6.07) is 5.06. The molecule has 4 nitrogen and oxygen atoms in total. The fourth-order valence-electron chi connectivity index (χ4n) is 2.48. The monoisotopic (exact) mass is 220 g/mol. The van der Waals surface area contributed by atoms with Crippen molar-refractivity contribution in [3.63, 3.8) is 0 Å². The molecule has 1 aromatic carbocycles. The molecular formula is C12H16N2O2. The van der Waals surface area contributed by atoms with E-state index in [0.29, 0.717) is 11.6 Å². The molecule has 1 aromatic rings. The molecule has 1 saturated carbocycles. The van der Waals surface area contributed by atoms with Crippen molar-refractivity contribution in [3.8, 4) is 0 Å². The highest BCUT2D eigenvalue weighted by molar-refractivity contribution is 5.53. The van der Waals surface area contributed by atoms with E-state index in [0.717, 1.165) is 18.4 Å². The minimum Gasteiger partial charge on any atom is -0.399 e. The molecule has 0 unspecified atom stereocenters. The summed E-state index contributed by atoms with van der Waals surface area (Å²) in [5.41, 5.74) is 7.10. The molecule has 2 N–H and O–H groups in total. The largest absolute Gasteiger partial charge is 0.399 e. The molecule has 1 fully saturated rings. The van der Waals surface area contributed by atoms with Gasteiger partial charge in [0.1, 0.15) is 0 Å². The van der Waals surface area contributed by atoms with E-state index in [1.165, 1.54) is 25.3 Å². The van der Waals surface area contributed by atoms with Crippen LogP contribution in [0.4, 0.5) is 11.4 Å². The molecule has 0 bridgehead atoms. The molecule has 1 aliphatic rings. The lowest BCUT2D eigenvalue weighted by Crippen LogP contribution is -2.07. The molecule has 4 heteroatoms. The molecule has 0 saturated heterocycles. The van der Waals surface area contributed by atoms with Gasteiger partial charge in [-0.25, -0.2) is 0 Å². The van der Waals surface area contributed by atoms with E-state index in [9.17, 15) is 10.1 Å². The second kappa shape index (κ2) is 4.51. The minimum absolute atomic E-state index is 0.187. The average Bonchev–Trinajstić information content (AvgIpc) is 2.30. The van der Waals surface area contributed by atoms with Crippen LogP contribution in [0.1, 0.15) is 43.6 Å². The van der Waals surface area contributed by atoms with Crippen LogP contribution in [0.5, 0.6) is 0 Å². The highest BCUT2D eigenvalue weighted by atomic mass is 16.6. The van der Waals surface area contributed by atoms with Crippen molar-refractivity contribution in [3.05, 3.63) is 33.9 Å². The van der Waals surface area contributed by atoms with Gasteiger partial charge in [0.25, 0.3) is 5.69 Å². The van der Waals surface area contributed by atoms with Crippen LogP contribution in [0, 0.1) is 10.1 Å². The van der Waals surface area contributed by atoms with Gasteiger partial charge in [-0.1, -0.05) is 19.3 Å². The molecule has 0 aromatic heterocycles. The van der Waals surface area contributed by atoms with Crippen LogP contribution in [0.2, 0.25) is 0 Å². The number of nitrogen functional groups attached to an aromatic ring is 1. The summed E-state index contributed by atoms with van der Waals surface area (Å²) in [4.78, 5) is 10.6. The predicted molar refractivity (Wildman–Crippen MR) is 63.3 cm³/mol. The molecule has 16 heavy (non-hydrogen) atoms. The Morgan fingerprint density at radius 3 is 2.56 bits per heavy atom. The highest BCUT2D eigenvalue weighted by Gasteiger charge is 2.23. The second-order valence-electron chi connectivity index (χ2n) is 4.41. The molecule has 0 heterocycles. The molecular weight excluding hydrogens is 204 g/mol. The van der Waals surface area contributed by atoms with Crippen LogP contribution < -0.4 is 5.73 Å². The third-order valence-corrected chi connectivity index (χ3v) is 3.30. The Balaban J connectivity index is 2.34. The van der Waals surface area contributed by atoms with Crippen LogP contribution in [0.15, 0.2) is 18.2 Å². The third kappa shape index (κ3) is 2.15. The van der Waals surface area contributed by atoms with Gasteiger partial charge in [0.15, 0.2) is 0 Å². The van der Waals surface area contributed by atoms with Gasteiger partial charge < -0.3 is 5.73 Å². The highest BCUT2D eigenvalue weighted by Crippen LogP contribution is 2.37. The molecule has 1 aliphatic carbocycles. The molecule has 0 atom stereocenters. The first-order chi connectivity index (χ1) is 7.68. The first-order valence-corrected chi connectivity index (χ1v) is 5.72. The van der Waals surface area contributed by atoms with Crippen molar-refractivity contribution in [2.75, 3.05) is 5.73 Å². The predicted octanol–water partition coefficient (Wildman–Crippen LogP) is 3.22. The summed E-state index contributed by atoms with van der Waals surface area (Å²) in [5, 5.41) is 11.0. The van der Waals surface area contributed by atoms with Crippen molar-refractivity contribution >= 4 is 11.4 Å². The van der Waals surface area contributed by atoms with Crippen LogP contribution in [-0.2, 0) is 0 Å². The Labute approximate surface area is 94.6 Å². The average molecular weight is 220 g/mol. The Morgan fingerprint density at radius 2 is 1.94 bits per heavy atom. The fraction of sp³-hybridized carbons (Fsp3) is 0.500. The van der Waals surface area contributed by atoms with E-state index in [4.69, 9.17) is 5.73 Å². The Kier molecular flexibility index (Phi) is 3.08. The van der Waals surface area contributed by atoms with E-state index in [1.807, 2.05) is 6.07 Å². The van der Waals surface area contributed by atoms with Crippen molar-refractivity contribution in [2.45, 2.75) is 38.0 Å². The lowest BCUT2D eigenvalue weighted by molar-refractivity contribution is -0.385. The Morgan fingerprint density at radius 1 is 1.25 bits per heavy atom. The number of anilines is 1. The van der Waals surface area contributed by atoms with E-state index in [1.54, 1.807) is 6.07 Å². The van der Waals surface area contributed by atoms with Crippen molar-refractivity contribution in [1.29, 1.82) is 0 Å². The molecule has 86 valence electrons. The van der Waals surface area contributed by atoms with Crippen LogP contribution >= 0.6 is 0 Å². The van der Waals surface area contributed by atoms with Gasteiger partial charge in [0, 0.05) is 17.3 Å². The van der Waals surface area contributed by atoms with Crippen molar-refractivity contribution in [2.24, 2.45) is 0 Å². The standard InChI is InChI=1S/C12H16N2O2/c13-10-6-7-11(12(8-10)14(15)16)9-4-2-1-3-5-9/h6-9H,1-5,13H2. The van der Waals surface area contributed by atoms with E-state index in [-0.39, 0.29) is 10.6 Å². The van der Waals surface area contributed by atoms with E-state index < -0.39 is 0 Å². The van der Waals surface area contributed by atoms with Crippen LogP contribution in [0.25, 0.3) is 0 Å². The number of hydrogen-bond acceptors (Lipinski definition) is 3. The van der Waals surface area contributed by atoms with Gasteiger partial charge in [0.2, 0.25) is 0 Å². The van der Waals surface area contributed by atoms with Crippen LogP contribution in [-0.4, -0.2) is 4.92 Å². The zero-order valence-corrected chi connectivity index (χ0v) is 9.19. The smallest absolute Gasteiger partial charge is 0.274 e. The Hall–Kier alpha value is -1.58. The van der Waals surface area contributed by atoms with Gasteiger partial charge >= 0.3 is 0 Å². The third-order valence-electron chi connectivity index (χ3n) is 3.30. The lowest BCUT2D eigenvalue weighted by Gasteiger charge is -2.21. The second-order valence-corrected chi connectivity index (χ2v) is 4.41. The van der Waals surface area contributed by atoms with Gasteiger partial charge in [0.05, 0.1) is 4.92 Å². The number of nitrogens with zero attached hydrogens (tertiary/aromatic N) is 1. The summed E-state index contributed by atoms with van der Waals surface area (Å²) in [5.74, 6) is 0.342. The van der Waals surface area contributed by atoms with Crippen LogP contribution in [0.3, 0.4) is 0 Å². The maximum absolute atomic E-state index is 11.0. The quantitative estimate of drug-likeness (QED) is 0.472. The summed E-state index contributed by atoms with van der Waals surface area (Å²) in [6.45, 7) is 0. The maximum Gasteiger partial charge on any atom is 0.274 e. The summed E-state index contributed by atoms with van der Waals surface area (Å²) >= 11 is 0. The number of hydrogen-bond donors (Lipinski definition) is 1. The van der Waals surface area contributed by atoms with Gasteiger partial charge in [-0.15, -0.1) is 0 Å². The SMILES string of the molecule is Nc1ccc(C2CCCCC2)c([N+](=O)[O-])c1. The molecule has 2 rings (SSSR count). The van der Waals surface area contributed by atoms with E-state index >= 15 is 0 Å². The van der Waals surface area contributed by atoms with Gasteiger partial charge in [-0.05, 0) is 30.9 Å². The lowest BCUT2D eigenvalue weighted by atomic mass is 9.83. The maximum atomic E-state index is 11.0. The molecule has 0 amide bonds. The first-order valence-electron chi connectivity index (χ1n) is 5.72. The first kappa shape index (κ1) is 10.9. The normalized spacial score (nSPS) is 17.2. The zero-order valence-electron chi connectivity index (χ0n) is 9.19. The van der Waals surface area contributed by atoms with E-state index in [2.05, 4.69) is 0 Å². The van der Waals surface area contributed by atoms with Gasteiger partial charge in [-0.2, -0.15) is 0 Å². The molecule has 0 aliphatic heterocycles.